The van der Waals surface area contributed by atoms with E-state index in [9.17, 15) is 14.4 Å². The third-order valence-electron chi connectivity index (χ3n) is 5.07. The number of aromatic nitrogens is 1. The predicted molar refractivity (Wildman–Crippen MR) is 123 cm³/mol. The Bertz CT molecular complexity index is 1070. The highest BCUT2D eigenvalue weighted by Crippen LogP contribution is 2.07. The molecular formula is C25H29N3O4. The van der Waals surface area contributed by atoms with Gasteiger partial charge in [0.1, 0.15) is 16.9 Å². The van der Waals surface area contributed by atoms with Gasteiger partial charge in [0.05, 0.1) is 12.8 Å². The van der Waals surface area contributed by atoms with Crippen molar-refractivity contribution in [3.8, 4) is 0 Å². The van der Waals surface area contributed by atoms with Gasteiger partial charge in [-0.3, -0.25) is 14.4 Å². The molecule has 32 heavy (non-hydrogen) atoms. The molecule has 0 fully saturated rings. The van der Waals surface area contributed by atoms with Crippen molar-refractivity contribution >= 4 is 11.8 Å². The molecule has 0 unspecified atom stereocenters. The Labute approximate surface area is 187 Å². The molecule has 7 nitrogen and oxygen atoms in total. The van der Waals surface area contributed by atoms with Crippen molar-refractivity contribution in [2.24, 2.45) is 0 Å². The van der Waals surface area contributed by atoms with E-state index in [1.807, 2.05) is 37.3 Å². The number of aryl methyl sites for hydroxylation is 1. The SMILES string of the molecule is CCCCNC(=O)c1cn(Cc2ccco2)cc(C(=O)NCCCc2ccccc2)c1=O. The van der Waals surface area contributed by atoms with E-state index < -0.39 is 17.2 Å². The molecule has 3 rings (SSSR count). The van der Waals surface area contributed by atoms with Crippen molar-refractivity contribution in [1.29, 1.82) is 0 Å². The fourth-order valence-electron chi connectivity index (χ4n) is 3.34. The molecule has 2 amide bonds. The van der Waals surface area contributed by atoms with E-state index in [1.165, 1.54) is 18.0 Å². The summed E-state index contributed by atoms with van der Waals surface area (Å²) in [7, 11) is 0. The van der Waals surface area contributed by atoms with E-state index in [-0.39, 0.29) is 11.1 Å². The molecule has 168 valence electrons. The van der Waals surface area contributed by atoms with Gasteiger partial charge in [-0.15, -0.1) is 0 Å². The summed E-state index contributed by atoms with van der Waals surface area (Å²) < 4.78 is 7.00. The van der Waals surface area contributed by atoms with Crippen LogP contribution in [0.25, 0.3) is 0 Å². The van der Waals surface area contributed by atoms with E-state index in [0.29, 0.717) is 25.4 Å². The van der Waals surface area contributed by atoms with Crippen molar-refractivity contribution in [2.75, 3.05) is 13.1 Å². The van der Waals surface area contributed by atoms with Crippen molar-refractivity contribution in [3.63, 3.8) is 0 Å². The van der Waals surface area contributed by atoms with Crippen LogP contribution in [-0.2, 0) is 13.0 Å². The number of benzene rings is 1. The standard InChI is InChI=1S/C25H29N3O4/c1-2-3-13-26-24(30)21-17-28(16-20-12-8-15-32-20)18-22(23(21)29)25(31)27-14-7-11-19-9-5-4-6-10-19/h4-6,8-10,12,15,17-18H,2-3,7,11,13-14,16H2,1H3,(H,26,30)(H,27,31). The number of furan rings is 1. The average molecular weight is 436 g/mol. The lowest BCUT2D eigenvalue weighted by Gasteiger charge is -2.12. The summed E-state index contributed by atoms with van der Waals surface area (Å²) in [5.41, 5.74) is 0.507. The predicted octanol–water partition coefficient (Wildman–Crippen LogP) is 3.38. The Kier molecular flexibility index (Phi) is 8.43. The number of hydrogen-bond donors (Lipinski definition) is 2. The van der Waals surface area contributed by atoms with Crippen LogP contribution in [0.1, 0.15) is 58.2 Å². The molecule has 1 aromatic carbocycles. The van der Waals surface area contributed by atoms with Crippen LogP contribution in [0.2, 0.25) is 0 Å². The largest absolute Gasteiger partial charge is 0.467 e. The maximum atomic E-state index is 12.9. The number of hydrogen-bond acceptors (Lipinski definition) is 4. The monoisotopic (exact) mass is 435 g/mol. The lowest BCUT2D eigenvalue weighted by molar-refractivity contribution is 0.0950. The number of amides is 2. The zero-order chi connectivity index (χ0) is 22.8. The van der Waals surface area contributed by atoms with Gasteiger partial charge in [-0.05, 0) is 37.0 Å². The number of rotatable bonds is 11. The van der Waals surface area contributed by atoms with E-state index in [1.54, 1.807) is 23.0 Å². The highest BCUT2D eigenvalue weighted by atomic mass is 16.3. The van der Waals surface area contributed by atoms with Crippen molar-refractivity contribution < 1.29 is 14.0 Å². The van der Waals surface area contributed by atoms with E-state index in [2.05, 4.69) is 10.6 Å². The highest BCUT2D eigenvalue weighted by Gasteiger charge is 2.19. The van der Waals surface area contributed by atoms with Gasteiger partial charge in [0.15, 0.2) is 0 Å². The molecule has 0 atom stereocenters. The smallest absolute Gasteiger partial charge is 0.256 e. The number of nitrogens with zero attached hydrogens (tertiary/aromatic N) is 1. The Hall–Kier alpha value is -3.61. The molecule has 2 N–H and O–H groups in total. The average Bonchev–Trinajstić information content (AvgIpc) is 3.31. The zero-order valence-corrected chi connectivity index (χ0v) is 18.3. The second kappa shape index (κ2) is 11.7. The number of carbonyl (C=O) groups excluding carboxylic acids is 2. The normalized spacial score (nSPS) is 10.7. The molecule has 0 bridgehead atoms. The topological polar surface area (TPSA) is 93.3 Å². The molecule has 7 heteroatoms. The second-order valence-corrected chi connectivity index (χ2v) is 7.62. The molecule has 0 aliphatic heterocycles. The molecular weight excluding hydrogens is 406 g/mol. The fourth-order valence-corrected chi connectivity index (χ4v) is 3.34. The van der Waals surface area contributed by atoms with Gasteiger partial charge in [-0.25, -0.2) is 0 Å². The maximum absolute atomic E-state index is 12.9. The molecule has 0 saturated heterocycles. The summed E-state index contributed by atoms with van der Waals surface area (Å²) in [6.45, 7) is 3.23. The first kappa shape index (κ1) is 23.1. The summed E-state index contributed by atoms with van der Waals surface area (Å²) in [6.07, 6.45) is 7.80. The summed E-state index contributed by atoms with van der Waals surface area (Å²) in [4.78, 5) is 38.3. The van der Waals surface area contributed by atoms with Gasteiger partial charge in [0.25, 0.3) is 11.8 Å². The van der Waals surface area contributed by atoms with Crippen molar-refractivity contribution in [1.82, 2.24) is 15.2 Å². The molecule has 2 aromatic heterocycles. The zero-order valence-electron chi connectivity index (χ0n) is 18.3. The Morgan fingerprint density at radius 3 is 2.16 bits per heavy atom. The molecule has 0 saturated carbocycles. The Morgan fingerprint density at radius 2 is 1.56 bits per heavy atom. The minimum absolute atomic E-state index is 0.0513. The molecule has 0 spiro atoms. The third kappa shape index (κ3) is 6.44. The van der Waals surface area contributed by atoms with E-state index in [4.69, 9.17) is 4.42 Å². The Balaban J connectivity index is 1.74. The fraction of sp³-hybridized carbons (Fsp3) is 0.320. The number of unbranched alkanes of at least 4 members (excludes halogenated alkanes) is 1. The lowest BCUT2D eigenvalue weighted by Crippen LogP contribution is -2.36. The minimum atomic E-state index is -0.574. The first-order chi connectivity index (χ1) is 15.6. The van der Waals surface area contributed by atoms with Crippen molar-refractivity contribution in [2.45, 2.75) is 39.2 Å². The van der Waals surface area contributed by atoms with Crippen LogP contribution in [0.15, 0.2) is 70.3 Å². The number of pyridine rings is 1. The van der Waals surface area contributed by atoms with E-state index in [0.717, 1.165) is 25.7 Å². The summed E-state index contributed by atoms with van der Waals surface area (Å²) >= 11 is 0. The van der Waals surface area contributed by atoms with Gasteiger partial charge >= 0.3 is 0 Å². The number of carbonyl (C=O) groups is 2. The summed E-state index contributed by atoms with van der Waals surface area (Å²) in [5.74, 6) is -0.310. The van der Waals surface area contributed by atoms with Crippen LogP contribution < -0.4 is 16.1 Å². The summed E-state index contributed by atoms with van der Waals surface area (Å²) in [6, 6.07) is 13.5. The highest BCUT2D eigenvalue weighted by molar-refractivity contribution is 5.99. The maximum Gasteiger partial charge on any atom is 0.256 e. The van der Waals surface area contributed by atoms with Crippen LogP contribution in [0.4, 0.5) is 0 Å². The molecule has 0 aliphatic rings. The molecule has 0 radical (unpaired) electrons. The number of nitrogens with one attached hydrogen (secondary N) is 2. The second-order valence-electron chi connectivity index (χ2n) is 7.62. The van der Waals surface area contributed by atoms with Crippen molar-refractivity contribution in [3.05, 3.63) is 93.8 Å². The third-order valence-corrected chi connectivity index (χ3v) is 5.07. The Morgan fingerprint density at radius 1 is 0.906 bits per heavy atom. The minimum Gasteiger partial charge on any atom is -0.467 e. The quantitative estimate of drug-likeness (QED) is 0.452. The first-order valence-electron chi connectivity index (χ1n) is 10.9. The van der Waals surface area contributed by atoms with Gasteiger partial charge in [-0.2, -0.15) is 0 Å². The van der Waals surface area contributed by atoms with Gasteiger partial charge < -0.3 is 19.6 Å². The van der Waals surface area contributed by atoms with Gasteiger partial charge in [-0.1, -0.05) is 43.7 Å². The van der Waals surface area contributed by atoms with Crippen LogP contribution in [-0.4, -0.2) is 29.5 Å². The van der Waals surface area contributed by atoms with Gasteiger partial charge in [0.2, 0.25) is 5.43 Å². The van der Waals surface area contributed by atoms with E-state index >= 15 is 0 Å². The van der Waals surface area contributed by atoms with Crippen LogP contribution in [0, 0.1) is 0 Å². The lowest BCUT2D eigenvalue weighted by atomic mass is 10.1. The molecule has 0 aliphatic carbocycles. The van der Waals surface area contributed by atoms with Crippen LogP contribution >= 0.6 is 0 Å². The molecule has 3 aromatic rings. The van der Waals surface area contributed by atoms with Crippen LogP contribution in [0.5, 0.6) is 0 Å². The van der Waals surface area contributed by atoms with Gasteiger partial charge in [0, 0.05) is 25.5 Å². The molecule has 2 heterocycles. The first-order valence-corrected chi connectivity index (χ1v) is 10.9. The summed E-state index contributed by atoms with van der Waals surface area (Å²) in [5, 5.41) is 5.56. The van der Waals surface area contributed by atoms with Crippen LogP contribution in [0.3, 0.4) is 0 Å².